The molecule has 2 fully saturated rings. The molecule has 0 spiro atoms. The Morgan fingerprint density at radius 2 is 1.82 bits per heavy atom. The van der Waals surface area contributed by atoms with Gasteiger partial charge in [0.15, 0.2) is 17.0 Å². The molecule has 0 radical (unpaired) electrons. The monoisotopic (exact) mass is 530 g/mol. The largest absolute Gasteiger partial charge is 0.314 e. The highest BCUT2D eigenvalue weighted by atomic mass is 16.2. The molecule has 2 aliphatic rings. The number of aromatic nitrogens is 4. The van der Waals surface area contributed by atoms with Crippen LogP contribution in [0.15, 0.2) is 30.6 Å². The van der Waals surface area contributed by atoms with Crippen LogP contribution < -0.4 is 10.4 Å². The van der Waals surface area contributed by atoms with Crippen molar-refractivity contribution >= 4 is 22.9 Å². The number of hydrogen-bond donors (Lipinski definition) is 1. The quantitative estimate of drug-likeness (QED) is 0.416. The Balaban J connectivity index is 1.38. The maximum absolute atomic E-state index is 13.5. The number of piperazine rings is 1. The van der Waals surface area contributed by atoms with E-state index in [1.807, 2.05) is 47.9 Å². The Hall–Kier alpha value is -3.59. The van der Waals surface area contributed by atoms with Crippen molar-refractivity contribution in [3.8, 4) is 6.07 Å². The van der Waals surface area contributed by atoms with E-state index >= 15 is 0 Å². The molecule has 0 atom stereocenters. The number of fused-ring (bicyclic) bond motifs is 1. The van der Waals surface area contributed by atoms with Crippen molar-refractivity contribution in [2.45, 2.75) is 44.8 Å². The summed E-state index contributed by atoms with van der Waals surface area (Å²) in [5, 5.41) is 11.5. The summed E-state index contributed by atoms with van der Waals surface area (Å²) in [6, 6.07) is 10.0. The lowest BCUT2D eigenvalue weighted by Gasteiger charge is -2.32. The summed E-state index contributed by atoms with van der Waals surface area (Å²) in [6.45, 7) is 6.64. The normalized spacial score (nSPS) is 17.1. The Labute approximate surface area is 230 Å². The van der Waals surface area contributed by atoms with Gasteiger partial charge in [-0.05, 0) is 51.7 Å². The number of benzene rings is 1. The fourth-order valence-electron chi connectivity index (χ4n) is 5.30. The standard InChI is InChI=1S/C28H38N10O/c1-34(2)12-17-37-20-30-25-26(37)31-24(18-29)32-27(25)38(23-6-4-5-7-23)33-28(39)22-10-8-21(9-11-22)19-36-15-13-35(3)14-16-36/h8-11,20,23H,4-7,12-17,19H2,1-3H3,(H,33,39). The number of amides is 1. The molecule has 11 heteroatoms. The van der Waals surface area contributed by atoms with Crippen LogP contribution >= 0.6 is 0 Å². The van der Waals surface area contributed by atoms with E-state index in [1.54, 1.807) is 6.33 Å². The van der Waals surface area contributed by atoms with Gasteiger partial charge in [-0.25, -0.2) is 4.98 Å². The predicted molar refractivity (Wildman–Crippen MR) is 150 cm³/mol. The minimum atomic E-state index is -0.203. The van der Waals surface area contributed by atoms with E-state index in [2.05, 4.69) is 48.2 Å². The van der Waals surface area contributed by atoms with Crippen molar-refractivity contribution < 1.29 is 4.79 Å². The molecule has 1 saturated heterocycles. The number of imidazole rings is 1. The van der Waals surface area contributed by atoms with E-state index in [9.17, 15) is 10.1 Å². The lowest BCUT2D eigenvalue weighted by Crippen LogP contribution is -2.48. The zero-order chi connectivity index (χ0) is 27.4. The first-order chi connectivity index (χ1) is 18.9. The topological polar surface area (TPSA) is 109 Å². The van der Waals surface area contributed by atoms with Gasteiger partial charge in [0.05, 0.1) is 12.4 Å². The van der Waals surface area contributed by atoms with E-state index < -0.39 is 0 Å². The van der Waals surface area contributed by atoms with Crippen molar-refractivity contribution in [1.82, 2.24) is 39.6 Å². The van der Waals surface area contributed by atoms with E-state index in [1.165, 1.54) is 5.56 Å². The van der Waals surface area contributed by atoms with Gasteiger partial charge >= 0.3 is 0 Å². The summed E-state index contributed by atoms with van der Waals surface area (Å²) in [6.07, 6.45) is 5.75. The van der Waals surface area contributed by atoms with Gasteiger partial charge in [-0.3, -0.25) is 20.1 Å². The molecule has 3 aromatic rings. The van der Waals surface area contributed by atoms with E-state index in [4.69, 9.17) is 0 Å². The van der Waals surface area contributed by atoms with Crippen molar-refractivity contribution in [1.29, 1.82) is 5.26 Å². The van der Waals surface area contributed by atoms with Crippen molar-refractivity contribution in [2.75, 3.05) is 58.9 Å². The number of hydrogen-bond acceptors (Lipinski definition) is 9. The average molecular weight is 531 g/mol. The van der Waals surface area contributed by atoms with Crippen LogP contribution in [0.3, 0.4) is 0 Å². The highest BCUT2D eigenvalue weighted by Crippen LogP contribution is 2.30. The minimum Gasteiger partial charge on any atom is -0.314 e. The average Bonchev–Trinajstić information content (AvgIpc) is 3.62. The maximum Gasteiger partial charge on any atom is 0.269 e. The fourth-order valence-corrected chi connectivity index (χ4v) is 5.30. The number of carbonyl (C=O) groups is 1. The molecule has 3 heterocycles. The second-order valence-corrected chi connectivity index (χ2v) is 10.9. The summed E-state index contributed by atoms with van der Waals surface area (Å²) in [7, 11) is 6.18. The number of rotatable bonds is 9. The molecule has 1 aliphatic carbocycles. The number of carbonyl (C=O) groups excluding carboxylic acids is 1. The van der Waals surface area contributed by atoms with Crippen LogP contribution in [0.25, 0.3) is 11.2 Å². The van der Waals surface area contributed by atoms with Gasteiger partial charge in [0.1, 0.15) is 6.07 Å². The van der Waals surface area contributed by atoms with Crippen LogP contribution in [-0.2, 0) is 13.1 Å². The lowest BCUT2D eigenvalue weighted by molar-refractivity contribution is 0.0944. The third-order valence-corrected chi connectivity index (χ3v) is 7.69. The van der Waals surface area contributed by atoms with E-state index in [0.717, 1.165) is 65.0 Å². The van der Waals surface area contributed by atoms with Crippen LogP contribution in [0.1, 0.15) is 47.4 Å². The van der Waals surface area contributed by atoms with E-state index in [0.29, 0.717) is 29.1 Å². The van der Waals surface area contributed by atoms with Gasteiger partial charge in [-0.1, -0.05) is 25.0 Å². The first-order valence-electron chi connectivity index (χ1n) is 13.8. The first-order valence-corrected chi connectivity index (χ1v) is 13.8. The smallest absolute Gasteiger partial charge is 0.269 e. The van der Waals surface area contributed by atoms with Gasteiger partial charge in [0, 0.05) is 51.4 Å². The third kappa shape index (κ3) is 6.36. The highest BCUT2D eigenvalue weighted by molar-refractivity contribution is 5.96. The zero-order valence-electron chi connectivity index (χ0n) is 23.2. The molecule has 0 unspecified atom stereocenters. The Morgan fingerprint density at radius 3 is 2.49 bits per heavy atom. The van der Waals surface area contributed by atoms with Crippen LogP contribution in [0.2, 0.25) is 0 Å². The predicted octanol–water partition coefficient (Wildman–Crippen LogP) is 2.10. The van der Waals surface area contributed by atoms with E-state index in [-0.39, 0.29) is 17.8 Å². The van der Waals surface area contributed by atoms with Crippen molar-refractivity contribution in [3.05, 3.63) is 47.5 Å². The third-order valence-electron chi connectivity index (χ3n) is 7.69. The molecule has 1 amide bonds. The van der Waals surface area contributed by atoms with Crippen LogP contribution in [-0.4, -0.2) is 100 Å². The van der Waals surface area contributed by atoms with Gasteiger partial charge in [-0.2, -0.15) is 15.2 Å². The molecule has 11 nitrogen and oxygen atoms in total. The molecule has 1 aromatic carbocycles. The second-order valence-electron chi connectivity index (χ2n) is 10.9. The van der Waals surface area contributed by atoms with Gasteiger partial charge < -0.3 is 14.4 Å². The summed E-state index contributed by atoms with van der Waals surface area (Å²) in [5.41, 5.74) is 6.09. The van der Waals surface area contributed by atoms with Crippen LogP contribution in [0.5, 0.6) is 0 Å². The van der Waals surface area contributed by atoms with Gasteiger partial charge in [-0.15, -0.1) is 0 Å². The molecule has 5 rings (SSSR count). The molecule has 39 heavy (non-hydrogen) atoms. The Morgan fingerprint density at radius 1 is 1.10 bits per heavy atom. The van der Waals surface area contributed by atoms with Gasteiger partial charge in [0.25, 0.3) is 5.91 Å². The Bertz CT molecular complexity index is 1310. The summed E-state index contributed by atoms with van der Waals surface area (Å²) >= 11 is 0. The molecule has 1 aliphatic heterocycles. The molecule has 1 N–H and O–H groups in total. The number of nitrogens with one attached hydrogen (secondary N) is 1. The maximum atomic E-state index is 13.5. The summed E-state index contributed by atoms with van der Waals surface area (Å²) in [4.78, 5) is 34.0. The summed E-state index contributed by atoms with van der Waals surface area (Å²) < 4.78 is 1.94. The molecule has 0 bridgehead atoms. The van der Waals surface area contributed by atoms with Gasteiger partial charge in [0.2, 0.25) is 5.82 Å². The van der Waals surface area contributed by atoms with Crippen molar-refractivity contribution in [3.63, 3.8) is 0 Å². The highest BCUT2D eigenvalue weighted by Gasteiger charge is 2.29. The number of hydrazine groups is 1. The SMILES string of the molecule is CN(C)CCn1cnc2c(N(NC(=O)c3ccc(CN4CCN(C)CC4)cc3)C3CCCC3)nc(C#N)nc21. The number of anilines is 1. The first kappa shape index (κ1) is 27.0. The molecule has 206 valence electrons. The fraction of sp³-hybridized carbons (Fsp3) is 0.536. The second kappa shape index (κ2) is 12.1. The molecular formula is C28H38N10O. The molecular weight excluding hydrogens is 492 g/mol. The number of nitrogens with zero attached hydrogens (tertiary/aromatic N) is 9. The lowest BCUT2D eigenvalue weighted by atomic mass is 10.1. The van der Waals surface area contributed by atoms with Crippen LogP contribution in [0, 0.1) is 11.3 Å². The number of likely N-dealkylation sites (N-methyl/N-ethyl adjacent to an activating group) is 2. The zero-order valence-corrected chi connectivity index (χ0v) is 23.2. The number of nitriles is 1. The van der Waals surface area contributed by atoms with Crippen LogP contribution in [0.4, 0.5) is 5.82 Å². The minimum absolute atomic E-state index is 0.0645. The summed E-state index contributed by atoms with van der Waals surface area (Å²) in [5.74, 6) is 0.340. The van der Waals surface area contributed by atoms with Crippen molar-refractivity contribution in [2.24, 2.45) is 0 Å². The molecule has 1 saturated carbocycles. The molecule has 2 aromatic heterocycles. The Kier molecular flexibility index (Phi) is 8.35.